The summed E-state index contributed by atoms with van der Waals surface area (Å²) in [6.07, 6.45) is 3.88. The quantitative estimate of drug-likeness (QED) is 0.638. The first-order valence-electron chi connectivity index (χ1n) is 6.48. The van der Waals surface area contributed by atoms with Crippen molar-refractivity contribution in [2.24, 2.45) is 5.41 Å². The monoisotopic (exact) mass is 278 g/mol. The molecule has 1 aliphatic carbocycles. The van der Waals surface area contributed by atoms with Gasteiger partial charge in [0, 0.05) is 5.39 Å². The van der Waals surface area contributed by atoms with Gasteiger partial charge < -0.3 is 4.42 Å². The maximum Gasteiger partial charge on any atom is 0.170 e. The summed E-state index contributed by atoms with van der Waals surface area (Å²) >= 11 is 6.28. The number of furan rings is 1. The lowest BCUT2D eigenvalue weighted by molar-refractivity contribution is 0.337. The summed E-state index contributed by atoms with van der Waals surface area (Å²) in [5, 5.41) is 0.808. The summed E-state index contributed by atoms with van der Waals surface area (Å²) in [5.41, 5.74) is 1.55. The van der Waals surface area contributed by atoms with Crippen molar-refractivity contribution in [3.05, 3.63) is 41.9 Å². The minimum absolute atomic E-state index is 0.0109. The molecule has 3 heteroatoms. The number of halogens is 2. The zero-order chi connectivity index (χ0) is 13.6. The maximum atomic E-state index is 13.7. The Balaban J connectivity index is 2.07. The van der Waals surface area contributed by atoms with Gasteiger partial charge in [-0.1, -0.05) is 32.1 Å². The summed E-state index contributed by atoms with van der Waals surface area (Å²) in [7, 11) is 0. The fourth-order valence-corrected chi connectivity index (χ4v) is 3.38. The molecule has 0 saturated carbocycles. The first-order valence-corrected chi connectivity index (χ1v) is 6.91. The summed E-state index contributed by atoms with van der Waals surface area (Å²) in [4.78, 5) is 0. The van der Waals surface area contributed by atoms with Gasteiger partial charge in [-0.3, -0.25) is 0 Å². The van der Waals surface area contributed by atoms with E-state index in [0.29, 0.717) is 5.58 Å². The van der Waals surface area contributed by atoms with Crippen LogP contribution in [0.2, 0.25) is 0 Å². The predicted molar refractivity (Wildman–Crippen MR) is 76.8 cm³/mol. The molecule has 0 N–H and O–H groups in total. The van der Waals surface area contributed by atoms with Crippen molar-refractivity contribution in [2.75, 3.05) is 0 Å². The average Bonchev–Trinajstić information content (AvgIpc) is 2.71. The van der Waals surface area contributed by atoms with Crippen molar-refractivity contribution in [1.29, 1.82) is 0 Å². The molecule has 0 spiro atoms. The zero-order valence-corrected chi connectivity index (χ0v) is 11.8. The van der Waals surface area contributed by atoms with Gasteiger partial charge in [-0.25, -0.2) is 4.39 Å². The first-order chi connectivity index (χ1) is 8.94. The van der Waals surface area contributed by atoms with Crippen molar-refractivity contribution >= 4 is 28.1 Å². The van der Waals surface area contributed by atoms with Gasteiger partial charge >= 0.3 is 0 Å². The Kier molecular flexibility index (Phi) is 2.94. The molecule has 19 heavy (non-hydrogen) atoms. The highest BCUT2D eigenvalue weighted by molar-refractivity contribution is 6.22. The molecule has 0 fully saturated rings. The molecular weight excluding hydrogens is 263 g/mol. The van der Waals surface area contributed by atoms with Crippen LogP contribution in [-0.4, -0.2) is 5.38 Å². The molecule has 1 aromatic heterocycles. The molecule has 1 aromatic carbocycles. The number of alkyl halides is 1. The molecule has 0 bridgehead atoms. The fourth-order valence-electron chi connectivity index (χ4n) is 2.81. The third kappa shape index (κ3) is 2.42. The normalized spacial score (nSPS) is 22.5. The summed E-state index contributed by atoms with van der Waals surface area (Å²) in [6, 6.07) is 6.87. The Morgan fingerprint density at radius 2 is 2.16 bits per heavy atom. The number of hydrogen-bond donors (Lipinski definition) is 0. The number of hydrogen-bond acceptors (Lipinski definition) is 1. The van der Waals surface area contributed by atoms with Gasteiger partial charge in [0.2, 0.25) is 0 Å². The van der Waals surface area contributed by atoms with Crippen LogP contribution in [0.3, 0.4) is 0 Å². The highest BCUT2D eigenvalue weighted by atomic mass is 35.5. The van der Waals surface area contributed by atoms with Crippen LogP contribution in [0.4, 0.5) is 4.39 Å². The minimum atomic E-state index is -0.318. The van der Waals surface area contributed by atoms with Gasteiger partial charge in [0.05, 0.1) is 5.38 Å². The molecule has 1 atom stereocenters. The average molecular weight is 279 g/mol. The van der Waals surface area contributed by atoms with Crippen LogP contribution in [0.25, 0.3) is 16.5 Å². The smallest absolute Gasteiger partial charge is 0.170 e. The lowest BCUT2D eigenvalue weighted by atomic mass is 9.76. The summed E-state index contributed by atoms with van der Waals surface area (Å²) in [5.74, 6) is 0.417. The van der Waals surface area contributed by atoms with Crippen LogP contribution in [0, 0.1) is 11.2 Å². The molecule has 0 amide bonds. The molecular formula is C16H16ClFO. The second-order valence-electron chi connectivity index (χ2n) is 6.02. The molecule has 0 aliphatic heterocycles. The Bertz CT molecular complexity index is 654. The highest BCUT2D eigenvalue weighted by Crippen LogP contribution is 2.42. The molecule has 0 saturated heterocycles. The van der Waals surface area contributed by atoms with Crippen LogP contribution in [-0.2, 0) is 0 Å². The summed E-state index contributed by atoms with van der Waals surface area (Å²) in [6.45, 7) is 4.39. The molecule has 1 heterocycles. The molecule has 100 valence electrons. The number of allylic oxidation sites excluding steroid dienone is 2. The van der Waals surface area contributed by atoms with E-state index in [1.165, 1.54) is 6.07 Å². The van der Waals surface area contributed by atoms with E-state index in [0.717, 1.165) is 29.6 Å². The molecule has 1 nitrogen and oxygen atoms in total. The van der Waals surface area contributed by atoms with Crippen molar-refractivity contribution in [3.63, 3.8) is 0 Å². The van der Waals surface area contributed by atoms with E-state index in [-0.39, 0.29) is 16.6 Å². The lowest BCUT2D eigenvalue weighted by Crippen LogP contribution is -2.21. The predicted octanol–water partition coefficient (Wildman–Crippen LogP) is 5.38. The fraction of sp³-hybridized carbons (Fsp3) is 0.375. The van der Waals surface area contributed by atoms with Crippen LogP contribution in [0.1, 0.15) is 32.4 Å². The van der Waals surface area contributed by atoms with Crippen molar-refractivity contribution in [2.45, 2.75) is 32.1 Å². The molecule has 2 aromatic rings. The number of rotatable bonds is 1. The van der Waals surface area contributed by atoms with Gasteiger partial charge in [-0.05, 0) is 36.0 Å². The number of fused-ring (bicyclic) bond motifs is 1. The second-order valence-corrected chi connectivity index (χ2v) is 6.58. The van der Waals surface area contributed by atoms with Gasteiger partial charge in [-0.15, -0.1) is 11.6 Å². The van der Waals surface area contributed by atoms with Crippen LogP contribution < -0.4 is 0 Å². The van der Waals surface area contributed by atoms with Crippen LogP contribution >= 0.6 is 11.6 Å². The molecule has 1 unspecified atom stereocenters. The lowest BCUT2D eigenvalue weighted by Gasteiger charge is -2.31. The Morgan fingerprint density at radius 3 is 2.84 bits per heavy atom. The van der Waals surface area contributed by atoms with E-state index in [1.807, 2.05) is 18.2 Å². The number of para-hydroxylation sites is 1. The van der Waals surface area contributed by atoms with E-state index in [1.54, 1.807) is 6.07 Å². The minimum Gasteiger partial charge on any atom is -0.453 e. The highest BCUT2D eigenvalue weighted by Gasteiger charge is 2.29. The van der Waals surface area contributed by atoms with Gasteiger partial charge in [0.25, 0.3) is 0 Å². The van der Waals surface area contributed by atoms with Gasteiger partial charge in [0.1, 0.15) is 5.76 Å². The van der Waals surface area contributed by atoms with E-state index < -0.39 is 0 Å². The van der Waals surface area contributed by atoms with Crippen molar-refractivity contribution in [1.82, 2.24) is 0 Å². The third-order valence-corrected chi connectivity index (χ3v) is 3.89. The van der Waals surface area contributed by atoms with E-state index in [2.05, 4.69) is 13.8 Å². The Labute approximate surface area is 117 Å². The topological polar surface area (TPSA) is 13.1 Å². The van der Waals surface area contributed by atoms with Gasteiger partial charge in [0.15, 0.2) is 11.4 Å². The Hall–Kier alpha value is -1.28. The standard InChI is InChI=1S/C16H16ClFO/c1-16(2)8-11(6-12(17)9-16)14-7-10-4-3-5-13(18)15(10)19-14/h3-7,12H,8-9H2,1-2H3. The van der Waals surface area contributed by atoms with Crippen molar-refractivity contribution in [3.8, 4) is 0 Å². The summed E-state index contributed by atoms with van der Waals surface area (Å²) < 4.78 is 19.3. The van der Waals surface area contributed by atoms with Crippen molar-refractivity contribution < 1.29 is 8.81 Å². The number of benzene rings is 1. The van der Waals surface area contributed by atoms with E-state index in [4.69, 9.17) is 16.0 Å². The first kappa shape index (κ1) is 12.7. The van der Waals surface area contributed by atoms with E-state index >= 15 is 0 Å². The maximum absolute atomic E-state index is 13.7. The van der Waals surface area contributed by atoms with Gasteiger partial charge in [-0.2, -0.15) is 0 Å². The SMILES string of the molecule is CC1(C)CC(c2cc3cccc(F)c3o2)=CC(Cl)C1. The molecule has 1 aliphatic rings. The molecule has 3 rings (SSSR count). The zero-order valence-electron chi connectivity index (χ0n) is 11.0. The largest absolute Gasteiger partial charge is 0.453 e. The second kappa shape index (κ2) is 4.38. The van der Waals surface area contributed by atoms with Crippen LogP contribution in [0.15, 0.2) is 34.8 Å². The third-order valence-electron chi connectivity index (χ3n) is 3.61. The Morgan fingerprint density at radius 1 is 1.37 bits per heavy atom. The van der Waals surface area contributed by atoms with Crippen LogP contribution in [0.5, 0.6) is 0 Å². The van der Waals surface area contributed by atoms with E-state index in [9.17, 15) is 4.39 Å². The molecule has 0 radical (unpaired) electrons.